The molecule has 1 aromatic heterocycles. The molecule has 2 aliphatic rings. The van der Waals surface area contributed by atoms with Crippen LogP contribution >= 0.6 is 0 Å². The van der Waals surface area contributed by atoms with E-state index >= 15 is 0 Å². The SMILES string of the molecule is CCn1ccnc1C1CCN(C(=O)c2ccc(CN3CCCC3)cc2)CC1. The minimum absolute atomic E-state index is 0.167. The van der Waals surface area contributed by atoms with Gasteiger partial charge in [0.2, 0.25) is 0 Å². The minimum Gasteiger partial charge on any atom is -0.339 e. The van der Waals surface area contributed by atoms with E-state index in [0.717, 1.165) is 44.6 Å². The van der Waals surface area contributed by atoms with Crippen molar-refractivity contribution in [2.75, 3.05) is 26.2 Å². The Morgan fingerprint density at radius 2 is 1.78 bits per heavy atom. The Bertz CT molecular complexity index is 753. The van der Waals surface area contributed by atoms with E-state index in [-0.39, 0.29) is 5.91 Å². The lowest BCUT2D eigenvalue weighted by molar-refractivity contribution is 0.0710. The van der Waals surface area contributed by atoms with Gasteiger partial charge in [0.1, 0.15) is 5.82 Å². The van der Waals surface area contributed by atoms with Crippen LogP contribution in [-0.2, 0) is 13.1 Å². The number of likely N-dealkylation sites (tertiary alicyclic amines) is 2. The van der Waals surface area contributed by atoms with Crippen molar-refractivity contribution in [2.45, 2.75) is 51.6 Å². The van der Waals surface area contributed by atoms with Gasteiger partial charge in [0.25, 0.3) is 5.91 Å². The van der Waals surface area contributed by atoms with Crippen molar-refractivity contribution in [3.63, 3.8) is 0 Å². The molecule has 0 bridgehead atoms. The maximum atomic E-state index is 12.9. The third-order valence-electron chi connectivity index (χ3n) is 6.04. The Balaban J connectivity index is 1.33. The van der Waals surface area contributed by atoms with E-state index in [1.807, 2.05) is 23.2 Å². The van der Waals surface area contributed by atoms with Crippen LogP contribution in [0.2, 0.25) is 0 Å². The molecule has 0 radical (unpaired) electrons. The first-order valence-electron chi connectivity index (χ1n) is 10.4. The number of aromatic nitrogens is 2. The van der Waals surface area contributed by atoms with Crippen LogP contribution in [0, 0.1) is 0 Å². The van der Waals surface area contributed by atoms with Gasteiger partial charge >= 0.3 is 0 Å². The van der Waals surface area contributed by atoms with Crippen molar-refractivity contribution in [1.82, 2.24) is 19.4 Å². The average Bonchev–Trinajstić information content (AvgIpc) is 3.40. The van der Waals surface area contributed by atoms with Crippen LogP contribution in [0.4, 0.5) is 0 Å². The molecular weight excluding hydrogens is 336 g/mol. The summed E-state index contributed by atoms with van der Waals surface area (Å²) in [4.78, 5) is 21.9. The zero-order valence-corrected chi connectivity index (χ0v) is 16.3. The molecule has 0 unspecified atom stereocenters. The van der Waals surface area contributed by atoms with Gasteiger partial charge in [-0.2, -0.15) is 0 Å². The summed E-state index contributed by atoms with van der Waals surface area (Å²) in [5.74, 6) is 1.81. The molecule has 2 fully saturated rings. The summed E-state index contributed by atoms with van der Waals surface area (Å²) in [5, 5.41) is 0. The predicted molar refractivity (Wildman–Crippen MR) is 107 cm³/mol. The van der Waals surface area contributed by atoms with Gasteiger partial charge in [0.15, 0.2) is 0 Å². The van der Waals surface area contributed by atoms with Crippen LogP contribution in [0.15, 0.2) is 36.7 Å². The van der Waals surface area contributed by atoms with E-state index < -0.39 is 0 Å². The summed E-state index contributed by atoms with van der Waals surface area (Å²) >= 11 is 0. The van der Waals surface area contributed by atoms with E-state index in [0.29, 0.717) is 5.92 Å². The number of carbonyl (C=O) groups excluding carboxylic acids is 1. The fourth-order valence-corrected chi connectivity index (χ4v) is 4.42. The summed E-state index contributed by atoms with van der Waals surface area (Å²) in [7, 11) is 0. The van der Waals surface area contributed by atoms with E-state index in [2.05, 4.69) is 39.7 Å². The number of piperidine rings is 1. The van der Waals surface area contributed by atoms with Crippen molar-refractivity contribution < 1.29 is 4.79 Å². The Labute approximate surface area is 162 Å². The molecule has 0 saturated carbocycles. The lowest BCUT2D eigenvalue weighted by Crippen LogP contribution is -2.38. The van der Waals surface area contributed by atoms with Crippen LogP contribution in [0.5, 0.6) is 0 Å². The summed E-state index contributed by atoms with van der Waals surface area (Å²) in [6, 6.07) is 8.25. The van der Waals surface area contributed by atoms with Crippen molar-refractivity contribution >= 4 is 5.91 Å². The van der Waals surface area contributed by atoms with E-state index in [1.54, 1.807) is 0 Å². The first-order valence-corrected chi connectivity index (χ1v) is 10.4. The number of benzene rings is 1. The molecule has 3 heterocycles. The standard InChI is InChI=1S/C22H30N4O/c1-2-25-16-11-23-21(25)19-9-14-26(15-10-19)22(27)20-7-5-18(6-8-20)17-24-12-3-4-13-24/h5-8,11,16,19H,2-4,9-10,12-15,17H2,1H3. The molecule has 4 rings (SSSR count). The third-order valence-corrected chi connectivity index (χ3v) is 6.04. The van der Waals surface area contributed by atoms with Crippen molar-refractivity contribution in [3.8, 4) is 0 Å². The highest BCUT2D eigenvalue weighted by Gasteiger charge is 2.26. The molecule has 1 aromatic carbocycles. The highest BCUT2D eigenvalue weighted by molar-refractivity contribution is 5.94. The van der Waals surface area contributed by atoms with Gasteiger partial charge in [-0.3, -0.25) is 9.69 Å². The van der Waals surface area contributed by atoms with Crippen LogP contribution in [0.3, 0.4) is 0 Å². The van der Waals surface area contributed by atoms with Gasteiger partial charge in [-0.15, -0.1) is 0 Å². The summed E-state index contributed by atoms with van der Waals surface area (Å²) < 4.78 is 2.22. The van der Waals surface area contributed by atoms with Crippen LogP contribution in [0.25, 0.3) is 0 Å². The first-order chi connectivity index (χ1) is 13.2. The van der Waals surface area contributed by atoms with Crippen molar-refractivity contribution in [1.29, 1.82) is 0 Å². The maximum absolute atomic E-state index is 12.9. The normalized spacial score (nSPS) is 18.9. The maximum Gasteiger partial charge on any atom is 0.253 e. The summed E-state index contributed by atoms with van der Waals surface area (Å²) in [6.07, 6.45) is 8.55. The molecular formula is C22H30N4O. The molecule has 5 heteroatoms. The molecule has 0 N–H and O–H groups in total. The second-order valence-electron chi connectivity index (χ2n) is 7.82. The molecule has 27 heavy (non-hydrogen) atoms. The minimum atomic E-state index is 0.167. The fraction of sp³-hybridized carbons (Fsp3) is 0.545. The zero-order chi connectivity index (χ0) is 18.6. The van der Waals surface area contributed by atoms with Gasteiger partial charge < -0.3 is 9.47 Å². The van der Waals surface area contributed by atoms with Gasteiger partial charge in [0.05, 0.1) is 0 Å². The molecule has 144 valence electrons. The number of carbonyl (C=O) groups is 1. The molecule has 1 amide bonds. The second-order valence-corrected chi connectivity index (χ2v) is 7.82. The third kappa shape index (κ3) is 4.08. The Morgan fingerprint density at radius 3 is 2.44 bits per heavy atom. The van der Waals surface area contributed by atoms with Crippen LogP contribution in [0.1, 0.15) is 60.3 Å². The molecule has 0 aliphatic carbocycles. The number of hydrogen-bond acceptors (Lipinski definition) is 3. The fourth-order valence-electron chi connectivity index (χ4n) is 4.42. The lowest BCUT2D eigenvalue weighted by Gasteiger charge is -2.32. The number of rotatable bonds is 5. The average molecular weight is 367 g/mol. The molecule has 5 nitrogen and oxygen atoms in total. The van der Waals surface area contributed by atoms with Gasteiger partial charge in [-0.25, -0.2) is 4.98 Å². The van der Waals surface area contributed by atoms with Crippen molar-refractivity contribution in [3.05, 3.63) is 53.6 Å². The number of hydrogen-bond donors (Lipinski definition) is 0. The number of nitrogens with zero attached hydrogens (tertiary/aromatic N) is 4. The number of imidazole rings is 1. The van der Waals surface area contributed by atoms with E-state index in [1.165, 1.54) is 37.3 Å². The Morgan fingerprint density at radius 1 is 1.07 bits per heavy atom. The first kappa shape index (κ1) is 18.2. The highest BCUT2D eigenvalue weighted by atomic mass is 16.2. The zero-order valence-electron chi connectivity index (χ0n) is 16.3. The summed E-state index contributed by atoms with van der Waals surface area (Å²) in [6.45, 7) is 8.14. The number of amides is 1. The van der Waals surface area contributed by atoms with Gasteiger partial charge in [-0.1, -0.05) is 12.1 Å². The largest absolute Gasteiger partial charge is 0.339 e. The highest BCUT2D eigenvalue weighted by Crippen LogP contribution is 2.27. The van der Waals surface area contributed by atoms with Gasteiger partial charge in [0, 0.05) is 50.1 Å². The topological polar surface area (TPSA) is 41.4 Å². The smallest absolute Gasteiger partial charge is 0.253 e. The monoisotopic (exact) mass is 366 g/mol. The lowest BCUT2D eigenvalue weighted by atomic mass is 9.95. The molecule has 2 aliphatic heterocycles. The Kier molecular flexibility index (Phi) is 5.58. The molecule has 0 atom stereocenters. The molecule has 0 spiro atoms. The number of aryl methyl sites for hydroxylation is 1. The van der Waals surface area contributed by atoms with Crippen molar-refractivity contribution in [2.24, 2.45) is 0 Å². The molecule has 2 saturated heterocycles. The predicted octanol–water partition coefficient (Wildman–Crippen LogP) is 3.52. The quantitative estimate of drug-likeness (QED) is 0.813. The van der Waals surface area contributed by atoms with E-state index in [9.17, 15) is 4.79 Å². The van der Waals surface area contributed by atoms with Crippen LogP contribution < -0.4 is 0 Å². The molecule has 2 aromatic rings. The second kappa shape index (κ2) is 8.26. The van der Waals surface area contributed by atoms with Crippen LogP contribution in [-0.4, -0.2) is 51.4 Å². The van der Waals surface area contributed by atoms with E-state index in [4.69, 9.17) is 0 Å². The Hall–Kier alpha value is -2.14. The summed E-state index contributed by atoms with van der Waals surface area (Å²) in [5.41, 5.74) is 2.12. The van der Waals surface area contributed by atoms with Gasteiger partial charge in [-0.05, 0) is 63.4 Å².